The normalized spacial score (nSPS) is 13.1. The van der Waals surface area contributed by atoms with Crippen molar-refractivity contribution in [1.29, 1.82) is 0 Å². The third-order valence-corrected chi connectivity index (χ3v) is 4.39. The minimum Gasteiger partial charge on any atom is -0.549 e. The van der Waals surface area contributed by atoms with E-state index in [1.165, 1.54) is 34.0 Å². The number of carboxylic acids is 1. The van der Waals surface area contributed by atoms with Gasteiger partial charge in [-0.25, -0.2) is 0 Å². The molecule has 0 radical (unpaired) electrons. The highest BCUT2D eigenvalue weighted by Gasteiger charge is 2.27. The molecule has 1 aliphatic rings. The maximum absolute atomic E-state index is 10.6. The number of carboxylic acid groups (broad SMARTS) is 1. The Morgan fingerprint density at radius 2 is 1.50 bits per heavy atom. The molecule has 3 heteroatoms. The first-order chi connectivity index (χ1) is 8.77. The number of carbonyl (C=O) groups is 1. The lowest BCUT2D eigenvalue weighted by Crippen LogP contribution is -2.24. The molecule has 2 nitrogen and oxygen atoms in total. The molecule has 90 valence electrons. The monoisotopic (exact) mass is 255 g/mol. The van der Waals surface area contributed by atoms with Crippen LogP contribution in [0.15, 0.2) is 48.5 Å². The van der Waals surface area contributed by atoms with Gasteiger partial charge in [0.05, 0.1) is 11.2 Å². The van der Waals surface area contributed by atoms with Gasteiger partial charge in [0.2, 0.25) is 0 Å². The molecule has 0 unspecified atom stereocenters. The zero-order valence-corrected chi connectivity index (χ0v) is 10.4. The van der Waals surface area contributed by atoms with Crippen molar-refractivity contribution in [3.63, 3.8) is 0 Å². The fraction of sp³-hybridized carbons (Fsp3) is 0.133. The van der Waals surface area contributed by atoms with Gasteiger partial charge >= 0.3 is 0 Å². The van der Waals surface area contributed by atoms with Gasteiger partial charge in [0.25, 0.3) is 0 Å². The number of fused-ring (bicyclic) bond motifs is 3. The van der Waals surface area contributed by atoms with Crippen LogP contribution in [0.1, 0.15) is 16.4 Å². The Morgan fingerprint density at radius 3 is 2.00 bits per heavy atom. The third-order valence-electron chi connectivity index (χ3n) is 3.14. The maximum Gasteiger partial charge on any atom is 0.0562 e. The van der Waals surface area contributed by atoms with Crippen LogP contribution in [0, 0.1) is 0 Å². The van der Waals surface area contributed by atoms with Crippen molar-refractivity contribution in [3.8, 4) is 11.1 Å². The Kier molecular flexibility index (Phi) is 2.84. The van der Waals surface area contributed by atoms with Crippen LogP contribution < -0.4 is 5.11 Å². The summed E-state index contributed by atoms with van der Waals surface area (Å²) in [6.45, 7) is 0. The molecule has 0 saturated heterocycles. The van der Waals surface area contributed by atoms with E-state index in [0.717, 1.165) is 0 Å². The average Bonchev–Trinajstić information content (AvgIpc) is 2.71. The van der Waals surface area contributed by atoms with Crippen LogP contribution in [0.4, 0.5) is 0 Å². The molecule has 0 N–H and O–H groups in total. The molecule has 0 heterocycles. The Hall–Kier alpha value is -1.74. The van der Waals surface area contributed by atoms with E-state index in [9.17, 15) is 9.90 Å². The smallest absolute Gasteiger partial charge is 0.0562 e. The van der Waals surface area contributed by atoms with E-state index in [1.807, 2.05) is 24.3 Å². The van der Waals surface area contributed by atoms with Crippen LogP contribution in [0.5, 0.6) is 0 Å². The van der Waals surface area contributed by atoms with Gasteiger partial charge in [-0.15, -0.1) is 11.8 Å². The SMILES string of the molecule is O=C([O-])CSC1c2ccccc2-c2ccccc21. The topological polar surface area (TPSA) is 40.1 Å². The van der Waals surface area contributed by atoms with Crippen molar-refractivity contribution >= 4 is 17.7 Å². The number of rotatable bonds is 3. The maximum atomic E-state index is 10.6. The molecule has 0 amide bonds. The second-order valence-corrected chi connectivity index (χ2v) is 5.33. The van der Waals surface area contributed by atoms with Crippen LogP contribution in [0.2, 0.25) is 0 Å². The van der Waals surface area contributed by atoms with Gasteiger partial charge < -0.3 is 9.90 Å². The average molecular weight is 255 g/mol. The molecule has 1 aliphatic carbocycles. The molecule has 0 bridgehead atoms. The van der Waals surface area contributed by atoms with E-state index >= 15 is 0 Å². The lowest BCUT2D eigenvalue weighted by Gasteiger charge is -2.13. The first kappa shape index (κ1) is 11.4. The lowest BCUT2D eigenvalue weighted by molar-refractivity contribution is -0.301. The summed E-state index contributed by atoms with van der Waals surface area (Å²) in [6.07, 6.45) is 0. The fourth-order valence-corrected chi connectivity index (χ4v) is 3.51. The van der Waals surface area contributed by atoms with Gasteiger partial charge in [-0.3, -0.25) is 0 Å². The molecule has 0 saturated carbocycles. The van der Waals surface area contributed by atoms with Crippen molar-refractivity contribution in [2.75, 3.05) is 5.75 Å². The molecular weight excluding hydrogens is 244 g/mol. The summed E-state index contributed by atoms with van der Waals surface area (Å²) in [4.78, 5) is 10.6. The highest BCUT2D eigenvalue weighted by atomic mass is 32.2. The van der Waals surface area contributed by atoms with Gasteiger partial charge in [-0.1, -0.05) is 48.5 Å². The van der Waals surface area contributed by atoms with Crippen LogP contribution in [-0.4, -0.2) is 11.7 Å². The molecule has 3 rings (SSSR count). The molecule has 0 aliphatic heterocycles. The standard InChI is InChI=1S/C15H12O2S/c16-14(17)9-18-15-12-7-3-1-5-10(12)11-6-2-4-8-13(11)15/h1-8,15H,9H2,(H,16,17)/p-1. The van der Waals surface area contributed by atoms with Crippen LogP contribution in [0.25, 0.3) is 11.1 Å². The van der Waals surface area contributed by atoms with Gasteiger partial charge in [-0.05, 0) is 22.3 Å². The van der Waals surface area contributed by atoms with Crippen molar-refractivity contribution < 1.29 is 9.90 Å². The first-order valence-electron chi connectivity index (χ1n) is 5.77. The number of hydrogen-bond donors (Lipinski definition) is 0. The van der Waals surface area contributed by atoms with Gasteiger partial charge in [0.1, 0.15) is 0 Å². The summed E-state index contributed by atoms with van der Waals surface area (Å²) in [5.74, 6) is -0.991. The molecule has 2 aromatic carbocycles. The first-order valence-corrected chi connectivity index (χ1v) is 6.82. The molecule has 2 aromatic rings. The Bertz CT molecular complexity index is 561. The van der Waals surface area contributed by atoms with Crippen molar-refractivity contribution in [2.45, 2.75) is 5.25 Å². The summed E-state index contributed by atoms with van der Waals surface area (Å²) in [5.41, 5.74) is 4.82. The van der Waals surface area contributed by atoms with Crippen molar-refractivity contribution in [3.05, 3.63) is 59.7 Å². The Labute approximate surface area is 110 Å². The van der Waals surface area contributed by atoms with Gasteiger partial charge in [0.15, 0.2) is 0 Å². The number of benzene rings is 2. The van der Waals surface area contributed by atoms with E-state index in [-0.39, 0.29) is 11.0 Å². The number of thioether (sulfide) groups is 1. The van der Waals surface area contributed by atoms with E-state index < -0.39 is 5.97 Å². The molecule has 0 aromatic heterocycles. The summed E-state index contributed by atoms with van der Waals surface area (Å²) < 4.78 is 0. The van der Waals surface area contributed by atoms with Crippen molar-refractivity contribution in [2.24, 2.45) is 0 Å². The van der Waals surface area contributed by atoms with Gasteiger partial charge in [0, 0.05) is 5.75 Å². The highest BCUT2D eigenvalue weighted by molar-refractivity contribution is 8.00. The quantitative estimate of drug-likeness (QED) is 0.844. The zero-order valence-electron chi connectivity index (χ0n) is 9.63. The Balaban J connectivity index is 2.06. The summed E-state index contributed by atoms with van der Waals surface area (Å²) in [5, 5.41) is 10.8. The third kappa shape index (κ3) is 1.81. The minimum absolute atomic E-state index is 0.0212. The van der Waals surface area contributed by atoms with E-state index in [1.54, 1.807) is 0 Å². The highest BCUT2D eigenvalue weighted by Crippen LogP contribution is 2.49. The van der Waals surface area contributed by atoms with E-state index in [0.29, 0.717) is 0 Å². The number of aliphatic carboxylic acids is 1. The summed E-state index contributed by atoms with van der Waals surface area (Å²) in [6, 6.07) is 16.4. The van der Waals surface area contributed by atoms with Crippen LogP contribution in [-0.2, 0) is 4.79 Å². The largest absolute Gasteiger partial charge is 0.549 e. The molecular formula is C15H11O2S-. The molecule has 0 fully saturated rings. The lowest BCUT2D eigenvalue weighted by atomic mass is 10.1. The number of hydrogen-bond acceptors (Lipinski definition) is 3. The van der Waals surface area contributed by atoms with E-state index in [2.05, 4.69) is 24.3 Å². The van der Waals surface area contributed by atoms with Crippen LogP contribution in [0.3, 0.4) is 0 Å². The summed E-state index contributed by atoms with van der Waals surface area (Å²) in [7, 11) is 0. The second kappa shape index (κ2) is 4.50. The minimum atomic E-state index is -1.01. The van der Waals surface area contributed by atoms with E-state index in [4.69, 9.17) is 0 Å². The van der Waals surface area contributed by atoms with Crippen molar-refractivity contribution in [1.82, 2.24) is 0 Å². The Morgan fingerprint density at radius 1 is 1.00 bits per heavy atom. The molecule has 18 heavy (non-hydrogen) atoms. The van der Waals surface area contributed by atoms with Crippen LogP contribution >= 0.6 is 11.8 Å². The summed E-state index contributed by atoms with van der Waals surface area (Å²) >= 11 is 1.42. The predicted molar refractivity (Wildman–Crippen MR) is 71.2 cm³/mol. The predicted octanol–water partition coefficient (Wildman–Crippen LogP) is 2.24. The molecule has 0 spiro atoms. The second-order valence-electron chi connectivity index (χ2n) is 4.24. The fourth-order valence-electron chi connectivity index (χ4n) is 2.44. The molecule has 0 atom stereocenters. The number of carbonyl (C=O) groups excluding carboxylic acids is 1. The zero-order chi connectivity index (χ0) is 12.5. The van der Waals surface area contributed by atoms with Gasteiger partial charge in [-0.2, -0.15) is 0 Å².